The number of ether oxygens (including phenoxy) is 1. The molecular formula is C24H30N6O2S2. The molecule has 0 spiro atoms. The van der Waals surface area contributed by atoms with E-state index in [0.29, 0.717) is 16.1 Å². The van der Waals surface area contributed by atoms with Gasteiger partial charge in [-0.25, -0.2) is 4.68 Å². The minimum atomic E-state index is 0.109. The Morgan fingerprint density at radius 1 is 0.941 bits per heavy atom. The molecule has 1 aliphatic heterocycles. The van der Waals surface area contributed by atoms with E-state index in [0.717, 1.165) is 50.6 Å². The predicted octanol–water partition coefficient (Wildman–Crippen LogP) is 3.12. The van der Waals surface area contributed by atoms with Crippen LogP contribution in [0.5, 0.6) is 5.75 Å². The van der Waals surface area contributed by atoms with Crippen molar-refractivity contribution in [3.8, 4) is 5.75 Å². The second kappa shape index (κ2) is 12.1. The summed E-state index contributed by atoms with van der Waals surface area (Å²) in [6.45, 7) is 4.20. The number of amides is 1. The molecule has 0 atom stereocenters. The molecule has 0 radical (unpaired) electrons. The standard InChI is InChI=1S/C24H30N6O2S2/c1-32-21-10-8-19(9-11-21)16-28-12-5-13-29(15-14-28)22(31)18-34-24-27-26-23(30(24)25)33-17-20-6-3-2-4-7-20/h2-4,6-11H,5,12-18,25H2,1H3. The van der Waals surface area contributed by atoms with Crippen LogP contribution < -0.4 is 10.6 Å². The first kappa shape index (κ1) is 24.4. The van der Waals surface area contributed by atoms with E-state index in [1.807, 2.05) is 35.2 Å². The summed E-state index contributed by atoms with van der Waals surface area (Å²) in [5.41, 5.74) is 2.45. The van der Waals surface area contributed by atoms with Crippen LogP contribution in [-0.2, 0) is 17.1 Å². The van der Waals surface area contributed by atoms with Crippen molar-refractivity contribution in [2.75, 3.05) is 44.9 Å². The van der Waals surface area contributed by atoms with E-state index in [9.17, 15) is 4.79 Å². The molecule has 1 saturated heterocycles. The maximum absolute atomic E-state index is 12.9. The van der Waals surface area contributed by atoms with Crippen LogP contribution in [0.25, 0.3) is 0 Å². The van der Waals surface area contributed by atoms with Gasteiger partial charge in [0.25, 0.3) is 0 Å². The molecule has 8 nitrogen and oxygen atoms in total. The van der Waals surface area contributed by atoms with Crippen LogP contribution in [0.1, 0.15) is 17.5 Å². The van der Waals surface area contributed by atoms with Crippen LogP contribution in [0.15, 0.2) is 64.9 Å². The predicted molar refractivity (Wildman–Crippen MR) is 136 cm³/mol. The molecule has 1 aromatic heterocycles. The molecule has 0 aliphatic carbocycles. The maximum atomic E-state index is 12.9. The third-order valence-electron chi connectivity index (χ3n) is 5.68. The minimum absolute atomic E-state index is 0.109. The fourth-order valence-corrected chi connectivity index (χ4v) is 5.40. The first-order chi connectivity index (χ1) is 16.6. The summed E-state index contributed by atoms with van der Waals surface area (Å²) in [7, 11) is 1.68. The van der Waals surface area contributed by atoms with Gasteiger partial charge < -0.3 is 15.5 Å². The summed E-state index contributed by atoms with van der Waals surface area (Å²) in [4.78, 5) is 17.2. The Bertz CT molecular complexity index is 1060. The van der Waals surface area contributed by atoms with Gasteiger partial charge in [-0.1, -0.05) is 66.0 Å². The van der Waals surface area contributed by atoms with Gasteiger partial charge in [0.1, 0.15) is 5.75 Å². The molecule has 3 aromatic rings. The van der Waals surface area contributed by atoms with Crippen molar-refractivity contribution < 1.29 is 9.53 Å². The van der Waals surface area contributed by atoms with Gasteiger partial charge >= 0.3 is 0 Å². The molecule has 1 fully saturated rings. The zero-order valence-electron chi connectivity index (χ0n) is 19.3. The van der Waals surface area contributed by atoms with Gasteiger partial charge in [0.2, 0.25) is 16.2 Å². The quantitative estimate of drug-likeness (QED) is 0.356. The summed E-state index contributed by atoms with van der Waals surface area (Å²) in [6, 6.07) is 18.3. The van der Waals surface area contributed by atoms with E-state index >= 15 is 0 Å². The van der Waals surface area contributed by atoms with Gasteiger partial charge in [0.05, 0.1) is 12.9 Å². The molecule has 2 heterocycles. The van der Waals surface area contributed by atoms with Gasteiger partial charge in [-0.2, -0.15) is 0 Å². The minimum Gasteiger partial charge on any atom is -0.497 e. The van der Waals surface area contributed by atoms with Crippen LogP contribution in [0.4, 0.5) is 0 Å². The Balaban J connectivity index is 1.23. The van der Waals surface area contributed by atoms with Crippen molar-refractivity contribution in [3.05, 3.63) is 65.7 Å². The lowest BCUT2D eigenvalue weighted by molar-refractivity contribution is -0.128. The lowest BCUT2D eigenvalue weighted by Crippen LogP contribution is -2.36. The number of thioether (sulfide) groups is 2. The van der Waals surface area contributed by atoms with E-state index in [1.54, 1.807) is 7.11 Å². The van der Waals surface area contributed by atoms with Gasteiger partial charge in [-0.15, -0.1) is 10.2 Å². The van der Waals surface area contributed by atoms with E-state index in [1.165, 1.54) is 39.3 Å². The van der Waals surface area contributed by atoms with Crippen molar-refractivity contribution in [2.24, 2.45) is 0 Å². The molecule has 1 amide bonds. The summed E-state index contributed by atoms with van der Waals surface area (Å²) in [5.74, 6) is 8.22. The van der Waals surface area contributed by atoms with Gasteiger partial charge in [0, 0.05) is 38.5 Å². The third kappa shape index (κ3) is 6.68. The third-order valence-corrected chi connectivity index (χ3v) is 7.62. The van der Waals surface area contributed by atoms with Gasteiger partial charge in [-0.05, 0) is 29.7 Å². The van der Waals surface area contributed by atoms with E-state index in [4.69, 9.17) is 10.6 Å². The molecule has 34 heavy (non-hydrogen) atoms. The van der Waals surface area contributed by atoms with Crippen LogP contribution >= 0.6 is 23.5 Å². The average molecular weight is 499 g/mol. The van der Waals surface area contributed by atoms with E-state index in [2.05, 4.69) is 39.4 Å². The molecule has 180 valence electrons. The number of nitrogen functional groups attached to an aromatic ring is 1. The average Bonchev–Trinajstić information content (AvgIpc) is 3.06. The van der Waals surface area contributed by atoms with Gasteiger partial charge in [-0.3, -0.25) is 9.69 Å². The number of carbonyl (C=O) groups is 1. The first-order valence-corrected chi connectivity index (χ1v) is 13.2. The van der Waals surface area contributed by atoms with E-state index < -0.39 is 0 Å². The molecule has 1 aliphatic rings. The number of nitrogens with two attached hydrogens (primary N) is 1. The second-order valence-electron chi connectivity index (χ2n) is 8.06. The number of carbonyl (C=O) groups excluding carboxylic acids is 1. The number of hydrogen-bond donors (Lipinski definition) is 1. The molecule has 0 saturated carbocycles. The highest BCUT2D eigenvalue weighted by molar-refractivity contribution is 8.00. The van der Waals surface area contributed by atoms with Crippen LogP contribution in [-0.4, -0.2) is 69.6 Å². The zero-order valence-corrected chi connectivity index (χ0v) is 20.9. The zero-order chi connectivity index (χ0) is 23.8. The van der Waals surface area contributed by atoms with Crippen molar-refractivity contribution in [1.82, 2.24) is 24.7 Å². The topological polar surface area (TPSA) is 89.5 Å². The number of benzene rings is 2. The highest BCUT2D eigenvalue weighted by Crippen LogP contribution is 2.24. The Hall–Kier alpha value is -2.69. The van der Waals surface area contributed by atoms with Crippen molar-refractivity contribution in [2.45, 2.75) is 29.0 Å². The fourth-order valence-electron chi connectivity index (χ4n) is 3.77. The van der Waals surface area contributed by atoms with Crippen molar-refractivity contribution in [3.63, 3.8) is 0 Å². The smallest absolute Gasteiger partial charge is 0.233 e. The molecule has 0 bridgehead atoms. The normalized spacial score (nSPS) is 14.7. The number of rotatable bonds is 9. The molecule has 2 N–H and O–H groups in total. The highest BCUT2D eigenvalue weighted by atomic mass is 32.2. The SMILES string of the molecule is COc1ccc(CN2CCCN(C(=O)CSc3nnc(SCc4ccccc4)n3N)CC2)cc1. The Labute approximate surface area is 208 Å². The monoisotopic (exact) mass is 498 g/mol. The summed E-state index contributed by atoms with van der Waals surface area (Å²) < 4.78 is 6.71. The van der Waals surface area contributed by atoms with E-state index in [-0.39, 0.29) is 5.91 Å². The highest BCUT2D eigenvalue weighted by Gasteiger charge is 2.21. The van der Waals surface area contributed by atoms with Crippen LogP contribution in [0.3, 0.4) is 0 Å². The lowest BCUT2D eigenvalue weighted by Gasteiger charge is -2.22. The maximum Gasteiger partial charge on any atom is 0.233 e. The van der Waals surface area contributed by atoms with Crippen molar-refractivity contribution >= 4 is 29.4 Å². The number of nitrogens with zero attached hydrogens (tertiary/aromatic N) is 5. The fraction of sp³-hybridized carbons (Fsp3) is 0.375. The number of aromatic nitrogens is 3. The van der Waals surface area contributed by atoms with Crippen LogP contribution in [0, 0.1) is 0 Å². The van der Waals surface area contributed by atoms with Crippen molar-refractivity contribution in [1.29, 1.82) is 0 Å². The van der Waals surface area contributed by atoms with Gasteiger partial charge in [0.15, 0.2) is 0 Å². The Kier molecular flexibility index (Phi) is 8.73. The number of methoxy groups -OCH3 is 1. The summed E-state index contributed by atoms with van der Waals surface area (Å²) >= 11 is 2.87. The Morgan fingerprint density at radius 2 is 1.68 bits per heavy atom. The first-order valence-electron chi connectivity index (χ1n) is 11.3. The molecule has 0 unspecified atom stereocenters. The number of hydrogen-bond acceptors (Lipinski definition) is 8. The molecular weight excluding hydrogens is 468 g/mol. The largest absolute Gasteiger partial charge is 0.497 e. The second-order valence-corrected chi connectivity index (χ2v) is 9.94. The van der Waals surface area contributed by atoms with Crippen LogP contribution in [0.2, 0.25) is 0 Å². The molecule has 10 heteroatoms. The Morgan fingerprint density at radius 3 is 2.41 bits per heavy atom. The molecule has 2 aromatic carbocycles. The molecule has 4 rings (SSSR count). The summed E-state index contributed by atoms with van der Waals surface area (Å²) in [6.07, 6.45) is 0.958. The summed E-state index contributed by atoms with van der Waals surface area (Å²) in [5, 5.41) is 9.56. The lowest BCUT2D eigenvalue weighted by atomic mass is 10.2.